The van der Waals surface area contributed by atoms with Crippen molar-refractivity contribution in [2.24, 2.45) is 0 Å². The van der Waals surface area contributed by atoms with Crippen molar-refractivity contribution < 1.29 is 14.4 Å². The molecular formula is C12H13N3O4. The monoisotopic (exact) mass is 263 g/mol. The number of pyridine rings is 1. The molecule has 2 rings (SSSR count). The predicted molar refractivity (Wildman–Crippen MR) is 65.2 cm³/mol. The van der Waals surface area contributed by atoms with Gasteiger partial charge in [-0.25, -0.2) is 4.79 Å². The van der Waals surface area contributed by atoms with Crippen molar-refractivity contribution in [2.45, 2.75) is 26.3 Å². The van der Waals surface area contributed by atoms with Gasteiger partial charge in [-0.2, -0.15) is 4.98 Å². The first-order valence-electron chi connectivity index (χ1n) is 5.73. The molecule has 2 heterocycles. The van der Waals surface area contributed by atoms with Crippen molar-refractivity contribution in [1.82, 2.24) is 14.7 Å². The summed E-state index contributed by atoms with van der Waals surface area (Å²) in [7, 11) is 0. The molecule has 0 fully saturated rings. The number of hydrogen-bond donors (Lipinski definition) is 1. The molecule has 0 saturated heterocycles. The lowest BCUT2D eigenvalue weighted by molar-refractivity contribution is 0.0696. The molecule has 2 aromatic heterocycles. The van der Waals surface area contributed by atoms with Crippen LogP contribution in [0.1, 0.15) is 41.8 Å². The third-order valence-electron chi connectivity index (χ3n) is 2.52. The Bertz CT molecular complexity index is 657. The fourth-order valence-electron chi connectivity index (χ4n) is 1.50. The van der Waals surface area contributed by atoms with Gasteiger partial charge >= 0.3 is 5.97 Å². The van der Waals surface area contributed by atoms with Gasteiger partial charge in [-0.3, -0.25) is 4.79 Å². The third kappa shape index (κ3) is 2.87. The van der Waals surface area contributed by atoms with Crippen LogP contribution in [0, 0.1) is 0 Å². The molecule has 2 aromatic rings. The molecule has 0 aliphatic carbocycles. The zero-order chi connectivity index (χ0) is 14.0. The standard InChI is InChI=1S/C12H13N3O4/c1-7(2)11-13-9(14-19-11)6-15-5-8(12(17)18)3-4-10(15)16/h3-5,7H,6H2,1-2H3,(H,17,18). The Balaban J connectivity index is 2.29. The first-order valence-corrected chi connectivity index (χ1v) is 5.73. The lowest BCUT2D eigenvalue weighted by Crippen LogP contribution is -2.21. The summed E-state index contributed by atoms with van der Waals surface area (Å²) in [6, 6.07) is 2.46. The summed E-state index contributed by atoms with van der Waals surface area (Å²) >= 11 is 0. The van der Waals surface area contributed by atoms with Crippen molar-refractivity contribution >= 4 is 5.97 Å². The van der Waals surface area contributed by atoms with Gasteiger partial charge in [-0.15, -0.1) is 0 Å². The second-order valence-electron chi connectivity index (χ2n) is 4.39. The minimum Gasteiger partial charge on any atom is -0.478 e. The van der Waals surface area contributed by atoms with E-state index in [4.69, 9.17) is 9.63 Å². The van der Waals surface area contributed by atoms with Crippen LogP contribution in [0.15, 0.2) is 27.6 Å². The van der Waals surface area contributed by atoms with Crippen LogP contribution in [0.5, 0.6) is 0 Å². The summed E-state index contributed by atoms with van der Waals surface area (Å²) in [6.45, 7) is 3.90. The van der Waals surface area contributed by atoms with Crippen LogP contribution >= 0.6 is 0 Å². The minimum atomic E-state index is -1.09. The molecule has 0 aliphatic heterocycles. The Hall–Kier alpha value is -2.44. The van der Waals surface area contributed by atoms with Crippen molar-refractivity contribution in [3.63, 3.8) is 0 Å². The number of aromatic nitrogens is 3. The lowest BCUT2D eigenvalue weighted by Gasteiger charge is -2.02. The molecule has 19 heavy (non-hydrogen) atoms. The van der Waals surface area contributed by atoms with E-state index in [0.717, 1.165) is 0 Å². The summed E-state index contributed by atoms with van der Waals surface area (Å²) < 4.78 is 6.26. The first kappa shape index (κ1) is 13.0. The Morgan fingerprint density at radius 2 is 2.21 bits per heavy atom. The number of nitrogens with zero attached hydrogens (tertiary/aromatic N) is 3. The van der Waals surface area contributed by atoms with Crippen LogP contribution in [0.2, 0.25) is 0 Å². The third-order valence-corrected chi connectivity index (χ3v) is 2.52. The van der Waals surface area contributed by atoms with Crippen molar-refractivity contribution in [3.8, 4) is 0 Å². The van der Waals surface area contributed by atoms with Gasteiger partial charge in [0.1, 0.15) is 0 Å². The van der Waals surface area contributed by atoms with E-state index in [-0.39, 0.29) is 23.6 Å². The van der Waals surface area contributed by atoms with Crippen molar-refractivity contribution in [2.75, 3.05) is 0 Å². The number of aromatic carboxylic acids is 1. The number of hydrogen-bond acceptors (Lipinski definition) is 5. The molecule has 0 bridgehead atoms. The molecule has 0 saturated carbocycles. The Morgan fingerprint density at radius 1 is 1.47 bits per heavy atom. The zero-order valence-corrected chi connectivity index (χ0v) is 10.5. The summed E-state index contributed by atoms with van der Waals surface area (Å²) in [4.78, 5) is 26.6. The number of carboxylic acid groups (broad SMARTS) is 1. The molecule has 0 spiro atoms. The highest BCUT2D eigenvalue weighted by Gasteiger charge is 2.12. The highest BCUT2D eigenvalue weighted by molar-refractivity contribution is 5.87. The van der Waals surface area contributed by atoms with Crippen LogP contribution in [0.25, 0.3) is 0 Å². The Kier molecular flexibility index (Phi) is 3.46. The predicted octanol–water partition coefficient (Wildman–Crippen LogP) is 1.10. The van der Waals surface area contributed by atoms with Gasteiger partial charge < -0.3 is 14.2 Å². The SMILES string of the molecule is CC(C)c1nc(Cn2cc(C(=O)O)ccc2=O)no1. The number of carbonyl (C=O) groups is 1. The Labute approximate surface area is 108 Å². The minimum absolute atomic E-state index is 0.0344. The first-order chi connectivity index (χ1) is 8.97. The second-order valence-corrected chi connectivity index (χ2v) is 4.39. The molecule has 0 radical (unpaired) electrons. The lowest BCUT2D eigenvalue weighted by atomic mass is 10.2. The molecule has 0 atom stereocenters. The molecule has 0 aliphatic rings. The van der Waals surface area contributed by atoms with Crippen LogP contribution in [0.4, 0.5) is 0 Å². The van der Waals surface area contributed by atoms with E-state index < -0.39 is 5.97 Å². The van der Waals surface area contributed by atoms with Crippen molar-refractivity contribution in [1.29, 1.82) is 0 Å². The normalized spacial score (nSPS) is 10.9. The van der Waals surface area contributed by atoms with E-state index in [9.17, 15) is 9.59 Å². The van der Waals surface area contributed by atoms with Gasteiger partial charge in [0.15, 0.2) is 5.82 Å². The number of carboxylic acids is 1. The highest BCUT2D eigenvalue weighted by atomic mass is 16.5. The molecule has 0 amide bonds. The molecular weight excluding hydrogens is 250 g/mol. The molecule has 1 N–H and O–H groups in total. The van der Waals surface area contributed by atoms with Crippen LogP contribution in [-0.2, 0) is 6.54 Å². The van der Waals surface area contributed by atoms with Gasteiger partial charge in [-0.1, -0.05) is 19.0 Å². The maximum atomic E-state index is 11.6. The molecule has 7 nitrogen and oxygen atoms in total. The topological polar surface area (TPSA) is 98.2 Å². The largest absolute Gasteiger partial charge is 0.478 e. The summed E-state index contributed by atoms with van der Waals surface area (Å²) in [5, 5.41) is 12.6. The fraction of sp³-hybridized carbons (Fsp3) is 0.333. The highest BCUT2D eigenvalue weighted by Crippen LogP contribution is 2.11. The summed E-state index contributed by atoms with van der Waals surface area (Å²) in [6.07, 6.45) is 1.26. The van der Waals surface area contributed by atoms with Gasteiger partial charge in [0.2, 0.25) is 5.89 Å². The van der Waals surface area contributed by atoms with E-state index in [1.165, 1.54) is 22.9 Å². The van der Waals surface area contributed by atoms with Crippen molar-refractivity contribution in [3.05, 3.63) is 46.0 Å². The van der Waals surface area contributed by atoms with Gasteiger partial charge in [-0.05, 0) is 6.07 Å². The van der Waals surface area contributed by atoms with E-state index in [1.54, 1.807) is 0 Å². The van der Waals surface area contributed by atoms with Gasteiger partial charge in [0.25, 0.3) is 5.56 Å². The molecule has 7 heteroatoms. The van der Waals surface area contributed by atoms with Crippen LogP contribution in [-0.4, -0.2) is 25.8 Å². The van der Waals surface area contributed by atoms with E-state index in [0.29, 0.717) is 11.7 Å². The van der Waals surface area contributed by atoms with Gasteiger partial charge in [0, 0.05) is 18.2 Å². The van der Waals surface area contributed by atoms with Crippen LogP contribution < -0.4 is 5.56 Å². The summed E-state index contributed by atoms with van der Waals surface area (Å²) in [5.74, 6) is -0.168. The smallest absolute Gasteiger partial charge is 0.337 e. The average molecular weight is 263 g/mol. The van der Waals surface area contributed by atoms with E-state index in [1.807, 2.05) is 13.8 Å². The van der Waals surface area contributed by atoms with Crippen LogP contribution in [0.3, 0.4) is 0 Å². The van der Waals surface area contributed by atoms with Gasteiger partial charge in [0.05, 0.1) is 12.1 Å². The van der Waals surface area contributed by atoms with E-state index in [2.05, 4.69) is 10.1 Å². The molecule has 100 valence electrons. The average Bonchev–Trinajstić information content (AvgIpc) is 2.80. The zero-order valence-electron chi connectivity index (χ0n) is 10.5. The summed E-state index contributed by atoms with van der Waals surface area (Å²) in [5.41, 5.74) is -0.284. The maximum absolute atomic E-state index is 11.6. The molecule has 0 unspecified atom stereocenters. The Morgan fingerprint density at radius 3 is 2.79 bits per heavy atom. The maximum Gasteiger partial charge on any atom is 0.337 e. The van der Waals surface area contributed by atoms with E-state index >= 15 is 0 Å². The fourth-order valence-corrected chi connectivity index (χ4v) is 1.50. The number of rotatable bonds is 4. The quantitative estimate of drug-likeness (QED) is 0.886. The second kappa shape index (κ2) is 5.05. The molecule has 0 aromatic carbocycles.